The SMILES string of the molecule is CC(=O)c1cc(C2=CCC=C(C)N2)c(COC(C)N=[N+]=[N-])c(C(=O)OCCC#N)c1F. The Bertz CT molecular complexity index is 1040. The van der Waals surface area contributed by atoms with Crippen molar-refractivity contribution in [3.05, 3.63) is 62.4 Å². The summed E-state index contributed by atoms with van der Waals surface area (Å²) < 4.78 is 25.8. The lowest BCUT2D eigenvalue weighted by Gasteiger charge is -2.22. The summed E-state index contributed by atoms with van der Waals surface area (Å²) in [5.41, 5.74) is 9.80. The van der Waals surface area contributed by atoms with Crippen LogP contribution in [0.3, 0.4) is 0 Å². The minimum absolute atomic E-state index is 0.0664. The Morgan fingerprint density at radius 3 is 2.81 bits per heavy atom. The van der Waals surface area contributed by atoms with Gasteiger partial charge in [-0.25, -0.2) is 9.18 Å². The average Bonchev–Trinajstić information content (AvgIpc) is 2.72. The lowest BCUT2D eigenvalue weighted by atomic mass is 9.92. The molecule has 2 rings (SSSR count). The van der Waals surface area contributed by atoms with Gasteiger partial charge < -0.3 is 14.8 Å². The molecule has 0 saturated carbocycles. The van der Waals surface area contributed by atoms with E-state index in [9.17, 15) is 9.59 Å². The molecule has 0 aliphatic carbocycles. The van der Waals surface area contributed by atoms with Crippen LogP contribution in [0.15, 0.2) is 29.0 Å². The fourth-order valence-electron chi connectivity index (χ4n) is 2.97. The number of ether oxygens (including phenoxy) is 2. The first-order chi connectivity index (χ1) is 14.8. The average molecular weight is 427 g/mol. The van der Waals surface area contributed by atoms with Crippen LogP contribution in [0, 0.1) is 17.1 Å². The Hall–Kier alpha value is -3.67. The van der Waals surface area contributed by atoms with E-state index in [1.807, 2.05) is 25.1 Å². The highest BCUT2D eigenvalue weighted by Crippen LogP contribution is 2.31. The number of Topliss-reactive ketones (excluding diaryl/α,β-unsaturated/α-hetero) is 1. The van der Waals surface area contributed by atoms with Crippen molar-refractivity contribution in [3.63, 3.8) is 0 Å². The predicted octanol–water partition coefficient (Wildman–Crippen LogP) is 4.51. The number of ketones is 1. The largest absolute Gasteiger partial charge is 0.461 e. The lowest BCUT2D eigenvalue weighted by molar-refractivity contribution is 0.0462. The number of benzene rings is 1. The van der Waals surface area contributed by atoms with Gasteiger partial charge in [0.1, 0.15) is 24.2 Å². The van der Waals surface area contributed by atoms with E-state index in [-0.39, 0.29) is 30.8 Å². The minimum Gasteiger partial charge on any atom is -0.461 e. The molecule has 9 nitrogen and oxygen atoms in total. The first-order valence-corrected chi connectivity index (χ1v) is 9.50. The molecule has 1 atom stereocenters. The number of esters is 1. The van der Waals surface area contributed by atoms with Crippen molar-refractivity contribution in [1.29, 1.82) is 5.26 Å². The molecule has 0 aromatic heterocycles. The molecule has 1 aliphatic rings. The van der Waals surface area contributed by atoms with Gasteiger partial charge in [-0.1, -0.05) is 17.3 Å². The number of allylic oxidation sites excluding steroid dienone is 3. The molecular formula is C21H22FN5O4. The zero-order valence-corrected chi connectivity index (χ0v) is 17.4. The van der Waals surface area contributed by atoms with Crippen LogP contribution in [-0.4, -0.2) is 24.6 Å². The maximum atomic E-state index is 15.3. The van der Waals surface area contributed by atoms with Crippen molar-refractivity contribution in [2.45, 2.75) is 46.4 Å². The van der Waals surface area contributed by atoms with Gasteiger partial charge >= 0.3 is 5.97 Å². The van der Waals surface area contributed by atoms with Crippen LogP contribution in [0.5, 0.6) is 0 Å². The van der Waals surface area contributed by atoms with E-state index >= 15 is 4.39 Å². The molecule has 0 bridgehead atoms. The normalized spacial score (nSPS) is 13.6. The number of nitrogens with one attached hydrogen (secondary N) is 1. The maximum Gasteiger partial charge on any atom is 0.341 e. The van der Waals surface area contributed by atoms with Gasteiger partial charge in [0, 0.05) is 27.4 Å². The van der Waals surface area contributed by atoms with Crippen LogP contribution in [0.25, 0.3) is 16.1 Å². The number of carbonyl (C=O) groups excluding carboxylic acids is 2. The molecule has 0 spiro atoms. The van der Waals surface area contributed by atoms with Crippen LogP contribution in [0.2, 0.25) is 0 Å². The van der Waals surface area contributed by atoms with E-state index < -0.39 is 29.4 Å². The van der Waals surface area contributed by atoms with E-state index in [1.54, 1.807) is 0 Å². The summed E-state index contributed by atoms with van der Waals surface area (Å²) >= 11 is 0. The van der Waals surface area contributed by atoms with Gasteiger partial charge in [0.25, 0.3) is 0 Å². The second-order valence-corrected chi connectivity index (χ2v) is 6.72. The molecule has 1 heterocycles. The van der Waals surface area contributed by atoms with Crippen molar-refractivity contribution >= 4 is 17.4 Å². The molecule has 162 valence electrons. The number of rotatable bonds is 9. The zero-order valence-electron chi connectivity index (χ0n) is 17.4. The maximum absolute atomic E-state index is 15.3. The van der Waals surface area contributed by atoms with Gasteiger partial charge in [-0.15, -0.1) is 0 Å². The van der Waals surface area contributed by atoms with Gasteiger partial charge in [0.05, 0.1) is 24.7 Å². The number of hydrogen-bond acceptors (Lipinski definition) is 7. The Kier molecular flexibility index (Phi) is 8.32. The van der Waals surface area contributed by atoms with Gasteiger partial charge in [0.15, 0.2) is 5.78 Å². The fourth-order valence-corrected chi connectivity index (χ4v) is 2.97. The highest BCUT2D eigenvalue weighted by Gasteiger charge is 2.28. The highest BCUT2D eigenvalue weighted by molar-refractivity contribution is 6.01. The molecule has 0 amide bonds. The van der Waals surface area contributed by atoms with Gasteiger partial charge in [0.2, 0.25) is 0 Å². The number of carbonyl (C=O) groups is 2. The molecular weight excluding hydrogens is 405 g/mol. The van der Waals surface area contributed by atoms with Crippen molar-refractivity contribution in [1.82, 2.24) is 5.32 Å². The molecule has 1 N–H and O–H groups in total. The number of azide groups is 1. The van der Waals surface area contributed by atoms with Crippen molar-refractivity contribution in [2.24, 2.45) is 5.11 Å². The molecule has 0 radical (unpaired) electrons. The second-order valence-electron chi connectivity index (χ2n) is 6.72. The Morgan fingerprint density at radius 2 is 2.19 bits per heavy atom. The summed E-state index contributed by atoms with van der Waals surface area (Å²) in [5, 5.41) is 15.2. The van der Waals surface area contributed by atoms with E-state index in [4.69, 9.17) is 20.3 Å². The highest BCUT2D eigenvalue weighted by atomic mass is 19.1. The van der Waals surface area contributed by atoms with Crippen LogP contribution in [0.1, 0.15) is 65.5 Å². The van der Waals surface area contributed by atoms with Crippen molar-refractivity contribution in [3.8, 4) is 6.07 Å². The summed E-state index contributed by atoms with van der Waals surface area (Å²) in [6, 6.07) is 3.19. The molecule has 1 aromatic carbocycles. The van der Waals surface area contributed by atoms with E-state index in [0.717, 1.165) is 5.70 Å². The second kappa shape index (κ2) is 10.9. The van der Waals surface area contributed by atoms with Crippen LogP contribution < -0.4 is 5.32 Å². The van der Waals surface area contributed by atoms with Crippen molar-refractivity contribution < 1.29 is 23.5 Å². The topological polar surface area (TPSA) is 137 Å². The molecule has 31 heavy (non-hydrogen) atoms. The van der Waals surface area contributed by atoms with Gasteiger partial charge in [-0.3, -0.25) is 4.79 Å². The predicted molar refractivity (Wildman–Crippen MR) is 110 cm³/mol. The third-order valence-corrected chi connectivity index (χ3v) is 4.45. The summed E-state index contributed by atoms with van der Waals surface area (Å²) in [6.45, 7) is 4.03. The third kappa shape index (κ3) is 5.92. The standard InChI is InChI=1S/C21H22FN5O4/c1-12-6-4-7-18(25-12)16-10-15(13(2)28)20(22)19(21(29)30-9-5-8-23)17(16)11-31-14(3)26-27-24/h6-7,10,14,25H,4-5,9,11H2,1-3H3. The quantitative estimate of drug-likeness (QED) is 0.154. The number of nitriles is 1. The Balaban J connectivity index is 2.66. The lowest BCUT2D eigenvalue weighted by Crippen LogP contribution is -2.21. The number of hydrogen-bond donors (Lipinski definition) is 1. The first-order valence-electron chi connectivity index (χ1n) is 9.50. The summed E-state index contributed by atoms with van der Waals surface area (Å²) in [5.74, 6) is -2.61. The molecule has 0 saturated heterocycles. The molecule has 1 unspecified atom stereocenters. The number of nitrogens with zero attached hydrogens (tertiary/aromatic N) is 4. The van der Waals surface area contributed by atoms with Crippen LogP contribution in [-0.2, 0) is 16.1 Å². The summed E-state index contributed by atoms with van der Waals surface area (Å²) in [7, 11) is 0. The Morgan fingerprint density at radius 1 is 1.45 bits per heavy atom. The van der Waals surface area contributed by atoms with Crippen LogP contribution in [0.4, 0.5) is 4.39 Å². The third-order valence-electron chi connectivity index (χ3n) is 4.45. The van der Waals surface area contributed by atoms with E-state index in [1.165, 1.54) is 19.9 Å². The molecule has 0 fully saturated rings. The zero-order chi connectivity index (χ0) is 23.0. The Labute approximate surface area is 178 Å². The number of dihydropyridines is 1. The van der Waals surface area contributed by atoms with E-state index in [0.29, 0.717) is 17.7 Å². The fraction of sp³-hybridized carbons (Fsp3) is 0.381. The smallest absolute Gasteiger partial charge is 0.341 e. The molecule has 10 heteroatoms. The van der Waals surface area contributed by atoms with Crippen molar-refractivity contribution in [2.75, 3.05) is 6.61 Å². The van der Waals surface area contributed by atoms with Gasteiger partial charge in [-0.2, -0.15) is 5.26 Å². The first kappa shape index (κ1) is 23.6. The summed E-state index contributed by atoms with van der Waals surface area (Å²) in [4.78, 5) is 27.5. The van der Waals surface area contributed by atoms with Crippen LogP contribution >= 0.6 is 0 Å². The summed E-state index contributed by atoms with van der Waals surface area (Å²) in [6.07, 6.45) is 3.41. The molecule has 1 aromatic rings. The number of halogens is 1. The molecule has 1 aliphatic heterocycles. The minimum atomic E-state index is -1.03. The van der Waals surface area contributed by atoms with Gasteiger partial charge in [-0.05, 0) is 38.8 Å². The monoisotopic (exact) mass is 427 g/mol. The van der Waals surface area contributed by atoms with E-state index in [2.05, 4.69) is 15.3 Å².